The van der Waals surface area contributed by atoms with Crippen LogP contribution in [-0.4, -0.2) is 78.8 Å². The molecule has 2 heterocycles. The van der Waals surface area contributed by atoms with Gasteiger partial charge in [0.25, 0.3) is 11.4 Å². The van der Waals surface area contributed by atoms with E-state index < -0.39 is 50.5 Å². The first-order valence-corrected chi connectivity index (χ1v) is 11.6. The number of rotatable bonds is 6. The molecule has 0 aliphatic carbocycles. The number of nitro groups is 2. The summed E-state index contributed by atoms with van der Waals surface area (Å²) in [7, 11) is 5.44. The van der Waals surface area contributed by atoms with Gasteiger partial charge in [-0.25, -0.2) is 0 Å². The Labute approximate surface area is 217 Å². The molecule has 13 nitrogen and oxygen atoms in total. The van der Waals surface area contributed by atoms with E-state index >= 15 is 0 Å². The molecule has 4 rings (SSSR count). The number of ketones is 1. The Hall–Kier alpha value is -4.23. The van der Waals surface area contributed by atoms with Crippen molar-refractivity contribution in [3.8, 4) is 0 Å². The van der Waals surface area contributed by atoms with Crippen LogP contribution >= 0.6 is 0 Å². The Kier molecular flexibility index (Phi) is 6.76. The molecule has 0 amide bonds. The number of ether oxygens (including phenoxy) is 2. The lowest BCUT2D eigenvalue weighted by Crippen LogP contribution is -2.75. The molecule has 0 radical (unpaired) electrons. The molecule has 0 N–H and O–H groups in total. The van der Waals surface area contributed by atoms with Gasteiger partial charge in [-0.15, -0.1) is 0 Å². The number of benzene rings is 2. The van der Waals surface area contributed by atoms with E-state index in [0.717, 1.165) is 14.2 Å². The van der Waals surface area contributed by atoms with Gasteiger partial charge in [-0.2, -0.15) is 0 Å². The third-order valence-corrected chi connectivity index (χ3v) is 7.49. The third-order valence-electron chi connectivity index (χ3n) is 7.49. The van der Waals surface area contributed by atoms with Crippen molar-refractivity contribution in [1.29, 1.82) is 0 Å². The molecular weight excluding hydrogens is 500 g/mol. The Balaban J connectivity index is 2.10. The Morgan fingerprint density at radius 2 is 1.24 bits per heavy atom. The van der Waals surface area contributed by atoms with Crippen molar-refractivity contribution in [2.75, 3.05) is 41.4 Å². The fourth-order valence-electron chi connectivity index (χ4n) is 6.27. The molecule has 2 fully saturated rings. The van der Waals surface area contributed by atoms with Crippen molar-refractivity contribution >= 4 is 29.1 Å². The van der Waals surface area contributed by atoms with Crippen LogP contribution in [0.25, 0.3) is 0 Å². The lowest BCUT2D eigenvalue weighted by molar-refractivity contribution is -0.385. The number of nitrogens with zero attached hydrogens (tertiary/aromatic N) is 4. The van der Waals surface area contributed by atoms with Crippen LogP contribution in [-0.2, 0) is 23.9 Å². The van der Waals surface area contributed by atoms with Crippen LogP contribution in [0.15, 0.2) is 48.5 Å². The van der Waals surface area contributed by atoms with Gasteiger partial charge in [-0.3, -0.25) is 39.5 Å². The molecule has 2 aliphatic heterocycles. The molecular formula is C25H26N4O9. The number of nitro benzene ring substituents is 2. The highest BCUT2D eigenvalue weighted by Crippen LogP contribution is 2.60. The van der Waals surface area contributed by atoms with Gasteiger partial charge in [0.1, 0.15) is 0 Å². The van der Waals surface area contributed by atoms with E-state index in [-0.39, 0.29) is 35.6 Å². The van der Waals surface area contributed by atoms with E-state index in [4.69, 9.17) is 9.47 Å². The van der Waals surface area contributed by atoms with Gasteiger partial charge < -0.3 is 14.4 Å². The lowest BCUT2D eigenvalue weighted by atomic mass is 9.54. The number of esters is 2. The number of hydrogen-bond donors (Lipinski definition) is 0. The third kappa shape index (κ3) is 3.73. The van der Waals surface area contributed by atoms with E-state index in [9.17, 15) is 34.6 Å². The zero-order chi connectivity index (χ0) is 28.0. The summed E-state index contributed by atoms with van der Waals surface area (Å²) >= 11 is 0. The maximum absolute atomic E-state index is 14.6. The minimum atomic E-state index is -1.98. The number of carbonyl (C=O) groups excluding carboxylic acids is 3. The van der Waals surface area contributed by atoms with Crippen LogP contribution in [0.4, 0.5) is 11.4 Å². The first-order valence-electron chi connectivity index (χ1n) is 11.6. The molecule has 4 atom stereocenters. The van der Waals surface area contributed by atoms with E-state index in [2.05, 4.69) is 0 Å². The van der Waals surface area contributed by atoms with Crippen molar-refractivity contribution in [3.05, 3.63) is 79.9 Å². The van der Waals surface area contributed by atoms with Crippen LogP contribution in [0.3, 0.4) is 0 Å². The highest BCUT2D eigenvalue weighted by molar-refractivity contribution is 6.17. The van der Waals surface area contributed by atoms with Gasteiger partial charge in [-0.05, 0) is 25.2 Å². The first-order chi connectivity index (χ1) is 17.9. The molecule has 38 heavy (non-hydrogen) atoms. The van der Waals surface area contributed by atoms with Crippen LogP contribution < -0.4 is 0 Å². The maximum atomic E-state index is 14.6. The number of likely N-dealkylation sites (tertiary alicyclic amines) is 2. The van der Waals surface area contributed by atoms with Crippen molar-refractivity contribution in [3.63, 3.8) is 0 Å². The van der Waals surface area contributed by atoms with Crippen LogP contribution in [0.1, 0.15) is 23.2 Å². The fraction of sp³-hybridized carbons (Fsp3) is 0.400. The number of non-ortho nitro benzene ring substituents is 2. The quantitative estimate of drug-likeness (QED) is 0.234. The van der Waals surface area contributed by atoms with Crippen LogP contribution in [0.2, 0.25) is 0 Å². The second-order valence-corrected chi connectivity index (χ2v) is 9.60. The zero-order valence-corrected chi connectivity index (χ0v) is 21.2. The summed E-state index contributed by atoms with van der Waals surface area (Å²) in [6.07, 6.45) is 0. The molecule has 2 bridgehead atoms. The minimum Gasteiger partial charge on any atom is -0.468 e. The van der Waals surface area contributed by atoms with Gasteiger partial charge >= 0.3 is 11.9 Å². The standard InChI is InChI=1S/C25H26N4O9/c1-26-13-24(22(31)37-3)19(15-7-5-9-17(11-15)28(33)34)27(2)20(16-8-6-10-18(12-16)29(35)36)25(14-26,21(24)30)23(32)38-4/h5-12,19-20H,13-14H2,1-4H3/t19-,20+,24?,25?. The average Bonchev–Trinajstić information content (AvgIpc) is 2.89. The first kappa shape index (κ1) is 26.8. The molecule has 200 valence electrons. The highest BCUT2D eigenvalue weighted by atomic mass is 16.6. The largest absolute Gasteiger partial charge is 0.468 e. The monoisotopic (exact) mass is 526 g/mol. The van der Waals surface area contributed by atoms with Gasteiger partial charge in [0.15, 0.2) is 16.6 Å². The van der Waals surface area contributed by atoms with E-state index in [1.165, 1.54) is 36.4 Å². The molecule has 2 saturated heterocycles. The summed E-state index contributed by atoms with van der Waals surface area (Å²) < 4.78 is 10.2. The summed E-state index contributed by atoms with van der Waals surface area (Å²) in [4.78, 5) is 67.0. The van der Waals surface area contributed by atoms with Crippen LogP contribution in [0, 0.1) is 31.1 Å². The van der Waals surface area contributed by atoms with Crippen molar-refractivity contribution in [1.82, 2.24) is 9.80 Å². The van der Waals surface area contributed by atoms with Crippen LogP contribution in [0.5, 0.6) is 0 Å². The number of methoxy groups -OCH3 is 2. The SMILES string of the molecule is COC(=O)C12CN(C)CC(C(=O)OC)(C1=O)[C@@H](c1cccc([N+](=O)[O-])c1)N(C)[C@H]2c1cccc([N+](=O)[O-])c1. The number of hydrogen-bond acceptors (Lipinski definition) is 11. The number of carbonyl (C=O) groups is 3. The Morgan fingerprint density at radius 3 is 1.58 bits per heavy atom. The van der Waals surface area contributed by atoms with Crippen molar-refractivity contribution in [2.24, 2.45) is 10.8 Å². The van der Waals surface area contributed by atoms with E-state index in [1.54, 1.807) is 36.0 Å². The topological polar surface area (TPSA) is 162 Å². The Morgan fingerprint density at radius 1 is 0.842 bits per heavy atom. The Bertz CT molecular complexity index is 1250. The zero-order valence-electron chi connectivity index (χ0n) is 21.2. The predicted octanol–water partition coefficient (Wildman–Crippen LogP) is 2.06. The summed E-state index contributed by atoms with van der Waals surface area (Å²) in [5, 5.41) is 23.2. The van der Waals surface area contributed by atoms with Gasteiger partial charge in [0.05, 0.1) is 36.1 Å². The lowest BCUT2D eigenvalue weighted by Gasteiger charge is -2.60. The summed E-state index contributed by atoms with van der Waals surface area (Å²) in [6.45, 7) is -0.285. The van der Waals surface area contributed by atoms with E-state index in [1.807, 2.05) is 0 Å². The molecule has 0 saturated carbocycles. The van der Waals surface area contributed by atoms with E-state index in [0.29, 0.717) is 0 Å². The molecule has 2 unspecified atom stereocenters. The fourth-order valence-corrected chi connectivity index (χ4v) is 6.27. The van der Waals surface area contributed by atoms with Crippen molar-refractivity contribution in [2.45, 2.75) is 12.1 Å². The number of piperidine rings is 2. The second kappa shape index (κ2) is 9.58. The molecule has 13 heteroatoms. The number of Topliss-reactive ketones (excluding diaryl/α,β-unsaturated/α-hetero) is 1. The normalized spacial score (nSPS) is 27.4. The molecule has 2 aromatic rings. The highest BCUT2D eigenvalue weighted by Gasteiger charge is 2.74. The molecule has 0 aromatic heterocycles. The molecule has 2 aliphatic rings. The maximum Gasteiger partial charge on any atom is 0.322 e. The summed E-state index contributed by atoms with van der Waals surface area (Å²) in [5.41, 5.74) is -3.93. The van der Waals surface area contributed by atoms with Gasteiger partial charge in [0, 0.05) is 37.4 Å². The average molecular weight is 527 g/mol. The summed E-state index contributed by atoms with van der Waals surface area (Å²) in [6, 6.07) is 8.81. The van der Waals surface area contributed by atoms with Crippen molar-refractivity contribution < 1.29 is 33.7 Å². The van der Waals surface area contributed by atoms with Gasteiger partial charge in [0.2, 0.25) is 0 Å². The summed E-state index contributed by atoms with van der Waals surface area (Å²) in [5.74, 6) is -2.60. The number of fused-ring (bicyclic) bond motifs is 2. The molecule has 2 aromatic carbocycles. The smallest absolute Gasteiger partial charge is 0.322 e. The van der Waals surface area contributed by atoms with Gasteiger partial charge in [-0.1, -0.05) is 24.3 Å². The minimum absolute atomic E-state index is 0.142. The molecule has 0 spiro atoms. The predicted molar refractivity (Wildman–Crippen MR) is 131 cm³/mol. The second-order valence-electron chi connectivity index (χ2n) is 9.60.